The average molecular weight is 260 g/mol. The predicted octanol–water partition coefficient (Wildman–Crippen LogP) is 0.356. The normalized spacial score (nSPS) is 14.1. The van der Waals surface area contributed by atoms with Crippen LogP contribution in [0.3, 0.4) is 0 Å². The van der Waals surface area contributed by atoms with Crippen molar-refractivity contribution >= 4 is 11.9 Å². The van der Waals surface area contributed by atoms with Crippen molar-refractivity contribution in [2.75, 3.05) is 13.7 Å². The molecule has 0 saturated heterocycles. The molecule has 0 radical (unpaired) electrons. The molecule has 18 heavy (non-hydrogen) atoms. The summed E-state index contributed by atoms with van der Waals surface area (Å²) >= 11 is 0. The van der Waals surface area contributed by atoms with E-state index in [0.717, 1.165) is 0 Å². The van der Waals surface area contributed by atoms with Crippen molar-refractivity contribution in [3.63, 3.8) is 0 Å². The van der Waals surface area contributed by atoms with Crippen LogP contribution in [0.4, 0.5) is 0 Å². The van der Waals surface area contributed by atoms with Gasteiger partial charge in [0.25, 0.3) is 0 Å². The molecule has 0 aromatic carbocycles. The summed E-state index contributed by atoms with van der Waals surface area (Å²) in [6.45, 7) is 7.12. The van der Waals surface area contributed by atoms with Crippen LogP contribution in [0.15, 0.2) is 0 Å². The van der Waals surface area contributed by atoms with E-state index in [-0.39, 0.29) is 18.9 Å². The maximum atomic E-state index is 12.1. The molecular formula is C12H24N2O4. The van der Waals surface area contributed by atoms with Crippen molar-refractivity contribution < 1.29 is 19.4 Å². The monoisotopic (exact) mass is 260 g/mol. The maximum absolute atomic E-state index is 12.1. The average Bonchev–Trinajstić information content (AvgIpc) is 2.21. The van der Waals surface area contributed by atoms with Crippen LogP contribution in [0, 0.1) is 5.41 Å². The number of nitrogens with one attached hydrogen (secondary N) is 1. The van der Waals surface area contributed by atoms with E-state index in [1.54, 1.807) is 27.7 Å². The summed E-state index contributed by atoms with van der Waals surface area (Å²) in [7, 11) is 1.48. The number of amides is 1. The Bertz CT molecular complexity index is 308. The number of carbonyl (C=O) groups excluding carboxylic acids is 1. The molecule has 6 nitrogen and oxygen atoms in total. The van der Waals surface area contributed by atoms with Gasteiger partial charge in [0.05, 0.1) is 5.41 Å². The molecule has 0 fully saturated rings. The third-order valence-corrected chi connectivity index (χ3v) is 3.39. The molecule has 0 rings (SSSR count). The molecule has 1 atom stereocenters. The first-order valence-electron chi connectivity index (χ1n) is 5.85. The number of nitrogens with two attached hydrogens (primary N) is 1. The van der Waals surface area contributed by atoms with Crippen LogP contribution in [0.1, 0.15) is 34.1 Å². The standard InChI is InChI=1S/C12H24N2O4/c1-11(2,12(3,4)13)10(17)14-8(9(15)16)6-7-18-5/h8H,6-7,13H2,1-5H3,(H,14,17)(H,15,16). The van der Waals surface area contributed by atoms with Gasteiger partial charge in [-0.25, -0.2) is 4.79 Å². The number of hydrogen-bond donors (Lipinski definition) is 3. The molecule has 0 aliphatic carbocycles. The van der Waals surface area contributed by atoms with Crippen LogP contribution in [0.25, 0.3) is 0 Å². The Labute approximate surface area is 108 Å². The van der Waals surface area contributed by atoms with Gasteiger partial charge in [-0.05, 0) is 27.7 Å². The number of ether oxygens (including phenoxy) is 1. The number of aliphatic carboxylic acids is 1. The Balaban J connectivity index is 4.75. The lowest BCUT2D eigenvalue weighted by Crippen LogP contribution is -2.58. The van der Waals surface area contributed by atoms with Gasteiger partial charge in [0, 0.05) is 25.7 Å². The Morgan fingerprint density at radius 1 is 1.33 bits per heavy atom. The van der Waals surface area contributed by atoms with Crippen molar-refractivity contribution in [2.24, 2.45) is 11.1 Å². The van der Waals surface area contributed by atoms with Crippen molar-refractivity contribution in [3.8, 4) is 0 Å². The van der Waals surface area contributed by atoms with E-state index < -0.39 is 23.0 Å². The fourth-order valence-electron chi connectivity index (χ4n) is 1.12. The van der Waals surface area contributed by atoms with Gasteiger partial charge in [-0.1, -0.05) is 0 Å². The van der Waals surface area contributed by atoms with E-state index in [0.29, 0.717) is 0 Å². The molecule has 106 valence electrons. The number of hydrogen-bond acceptors (Lipinski definition) is 4. The van der Waals surface area contributed by atoms with E-state index in [4.69, 9.17) is 15.6 Å². The van der Waals surface area contributed by atoms with Crippen LogP contribution < -0.4 is 11.1 Å². The Hall–Kier alpha value is -1.14. The van der Waals surface area contributed by atoms with E-state index >= 15 is 0 Å². The third kappa shape index (κ3) is 4.27. The van der Waals surface area contributed by atoms with Gasteiger partial charge < -0.3 is 20.9 Å². The minimum Gasteiger partial charge on any atom is -0.480 e. The van der Waals surface area contributed by atoms with Gasteiger partial charge in [0.2, 0.25) is 5.91 Å². The lowest BCUT2D eigenvalue weighted by atomic mass is 9.74. The van der Waals surface area contributed by atoms with Gasteiger partial charge in [0.15, 0.2) is 0 Å². The molecule has 0 aromatic rings. The number of carboxylic acid groups (broad SMARTS) is 1. The molecule has 6 heteroatoms. The quantitative estimate of drug-likeness (QED) is 0.613. The largest absolute Gasteiger partial charge is 0.480 e. The Morgan fingerprint density at radius 3 is 2.17 bits per heavy atom. The summed E-state index contributed by atoms with van der Waals surface area (Å²) in [5.74, 6) is -1.45. The van der Waals surface area contributed by atoms with Gasteiger partial charge in [-0.15, -0.1) is 0 Å². The smallest absolute Gasteiger partial charge is 0.326 e. The zero-order valence-corrected chi connectivity index (χ0v) is 11.7. The van der Waals surface area contributed by atoms with Crippen LogP contribution in [-0.4, -0.2) is 42.3 Å². The van der Waals surface area contributed by atoms with E-state index in [2.05, 4.69) is 5.32 Å². The van der Waals surface area contributed by atoms with Gasteiger partial charge in [-0.3, -0.25) is 4.79 Å². The zero-order valence-electron chi connectivity index (χ0n) is 11.7. The second kappa shape index (κ2) is 6.15. The second-order valence-corrected chi connectivity index (χ2v) is 5.49. The first-order chi connectivity index (χ1) is 8.04. The highest BCUT2D eigenvalue weighted by molar-refractivity contribution is 5.87. The molecular weight excluding hydrogens is 236 g/mol. The molecule has 0 aromatic heterocycles. The summed E-state index contributed by atoms with van der Waals surface area (Å²) in [5, 5.41) is 11.5. The lowest BCUT2D eigenvalue weighted by molar-refractivity contribution is -0.144. The first-order valence-corrected chi connectivity index (χ1v) is 5.85. The molecule has 0 aliphatic heterocycles. The van der Waals surface area contributed by atoms with Gasteiger partial charge >= 0.3 is 5.97 Å². The predicted molar refractivity (Wildman–Crippen MR) is 68.1 cm³/mol. The van der Waals surface area contributed by atoms with Gasteiger partial charge in [-0.2, -0.15) is 0 Å². The van der Waals surface area contributed by atoms with E-state index in [1.165, 1.54) is 7.11 Å². The number of rotatable bonds is 7. The summed E-state index contributed by atoms with van der Waals surface area (Å²) in [6, 6.07) is -0.959. The number of carboxylic acids is 1. The molecule has 1 unspecified atom stereocenters. The molecule has 0 aliphatic rings. The van der Waals surface area contributed by atoms with E-state index in [9.17, 15) is 9.59 Å². The summed E-state index contributed by atoms with van der Waals surface area (Å²) in [6.07, 6.45) is 0.221. The SMILES string of the molecule is COCCC(NC(=O)C(C)(C)C(C)(C)N)C(=O)O. The second-order valence-electron chi connectivity index (χ2n) is 5.49. The fourth-order valence-corrected chi connectivity index (χ4v) is 1.12. The summed E-state index contributed by atoms with van der Waals surface area (Å²) < 4.78 is 4.82. The highest BCUT2D eigenvalue weighted by Crippen LogP contribution is 2.28. The lowest BCUT2D eigenvalue weighted by Gasteiger charge is -2.37. The molecule has 1 amide bonds. The highest BCUT2D eigenvalue weighted by atomic mass is 16.5. The molecule has 0 heterocycles. The Morgan fingerprint density at radius 2 is 1.83 bits per heavy atom. The molecule has 0 saturated carbocycles. The maximum Gasteiger partial charge on any atom is 0.326 e. The summed E-state index contributed by atoms with van der Waals surface area (Å²) in [4.78, 5) is 23.1. The van der Waals surface area contributed by atoms with Crippen LogP contribution in [0.5, 0.6) is 0 Å². The van der Waals surface area contributed by atoms with Crippen molar-refractivity contribution in [1.82, 2.24) is 5.32 Å². The Kier molecular flexibility index (Phi) is 5.76. The van der Waals surface area contributed by atoms with Crippen LogP contribution >= 0.6 is 0 Å². The first kappa shape index (κ1) is 16.9. The van der Waals surface area contributed by atoms with Gasteiger partial charge in [0.1, 0.15) is 6.04 Å². The number of methoxy groups -OCH3 is 1. The fraction of sp³-hybridized carbons (Fsp3) is 0.833. The minimum absolute atomic E-state index is 0.221. The summed E-state index contributed by atoms with van der Waals surface area (Å²) in [5.41, 5.74) is 4.32. The van der Waals surface area contributed by atoms with Crippen molar-refractivity contribution in [3.05, 3.63) is 0 Å². The van der Waals surface area contributed by atoms with E-state index in [1.807, 2.05) is 0 Å². The topological polar surface area (TPSA) is 102 Å². The van der Waals surface area contributed by atoms with Crippen LogP contribution in [-0.2, 0) is 14.3 Å². The van der Waals surface area contributed by atoms with Crippen LogP contribution in [0.2, 0.25) is 0 Å². The highest BCUT2D eigenvalue weighted by Gasteiger charge is 2.41. The minimum atomic E-state index is -1.08. The van der Waals surface area contributed by atoms with Crippen molar-refractivity contribution in [2.45, 2.75) is 45.7 Å². The zero-order chi connectivity index (χ0) is 14.6. The third-order valence-electron chi connectivity index (χ3n) is 3.39. The molecule has 0 bridgehead atoms. The van der Waals surface area contributed by atoms with Crippen molar-refractivity contribution in [1.29, 1.82) is 0 Å². The molecule has 4 N–H and O–H groups in total. The number of carbonyl (C=O) groups is 2. The molecule has 0 spiro atoms.